The molecule has 1 amide bonds. The lowest BCUT2D eigenvalue weighted by atomic mass is 10.2. The highest BCUT2D eigenvalue weighted by molar-refractivity contribution is 9.10. The van der Waals surface area contributed by atoms with Crippen LogP contribution in [0.2, 0.25) is 0 Å². The van der Waals surface area contributed by atoms with Gasteiger partial charge in [-0.1, -0.05) is 22.0 Å². The Kier molecular flexibility index (Phi) is 3.97. The third-order valence-corrected chi connectivity index (χ3v) is 5.75. The van der Waals surface area contributed by atoms with E-state index >= 15 is 0 Å². The standard InChI is InChI=1S/C16H19BrN2OS/c1-9(2)19(8-10-6-7-10)16(20)15-14(18)13-11(17)4-3-5-12(13)21-15/h3-5,9-10H,6-8,18H2,1-2H3. The maximum absolute atomic E-state index is 12.9. The third-order valence-electron chi connectivity index (χ3n) is 3.93. The fourth-order valence-electron chi connectivity index (χ4n) is 2.53. The van der Waals surface area contributed by atoms with Crippen molar-refractivity contribution in [3.63, 3.8) is 0 Å². The Morgan fingerprint density at radius 3 is 2.76 bits per heavy atom. The van der Waals surface area contributed by atoms with Gasteiger partial charge in [-0.2, -0.15) is 0 Å². The SMILES string of the molecule is CC(C)N(CC1CC1)C(=O)c1sc2cccc(Br)c2c1N. The van der Waals surface area contributed by atoms with Gasteiger partial charge in [0.05, 0.1) is 5.69 Å². The first kappa shape index (κ1) is 14.9. The molecular weight excluding hydrogens is 348 g/mol. The van der Waals surface area contributed by atoms with Crippen molar-refractivity contribution in [2.75, 3.05) is 12.3 Å². The molecule has 1 aromatic carbocycles. The molecule has 1 aliphatic carbocycles. The molecule has 2 N–H and O–H groups in total. The Hall–Kier alpha value is -1.07. The van der Waals surface area contributed by atoms with Crippen LogP contribution in [0, 0.1) is 5.92 Å². The molecule has 2 aromatic rings. The van der Waals surface area contributed by atoms with Gasteiger partial charge in [0, 0.05) is 27.1 Å². The van der Waals surface area contributed by atoms with E-state index in [-0.39, 0.29) is 11.9 Å². The van der Waals surface area contributed by atoms with Crippen LogP contribution in [0.4, 0.5) is 5.69 Å². The molecular formula is C16H19BrN2OS. The van der Waals surface area contributed by atoms with E-state index in [4.69, 9.17) is 5.73 Å². The van der Waals surface area contributed by atoms with Crippen molar-refractivity contribution in [2.45, 2.75) is 32.7 Å². The maximum Gasteiger partial charge on any atom is 0.266 e. The molecule has 1 aliphatic rings. The number of amides is 1. The first-order valence-corrected chi connectivity index (χ1v) is 8.87. The number of anilines is 1. The average Bonchev–Trinajstić information content (AvgIpc) is 3.18. The van der Waals surface area contributed by atoms with Crippen molar-refractivity contribution in [3.05, 3.63) is 27.5 Å². The molecule has 1 saturated carbocycles. The predicted molar refractivity (Wildman–Crippen MR) is 92.8 cm³/mol. The van der Waals surface area contributed by atoms with Crippen LogP contribution in [-0.4, -0.2) is 23.4 Å². The second-order valence-electron chi connectivity index (χ2n) is 5.95. The minimum Gasteiger partial charge on any atom is -0.397 e. The Balaban J connectivity index is 2.00. The Morgan fingerprint density at radius 1 is 1.48 bits per heavy atom. The maximum atomic E-state index is 12.9. The smallest absolute Gasteiger partial charge is 0.266 e. The number of nitrogens with zero attached hydrogens (tertiary/aromatic N) is 1. The summed E-state index contributed by atoms with van der Waals surface area (Å²) >= 11 is 5.02. The van der Waals surface area contributed by atoms with E-state index in [0.717, 1.165) is 21.1 Å². The number of hydrogen-bond donors (Lipinski definition) is 1. The van der Waals surface area contributed by atoms with Crippen molar-refractivity contribution in [3.8, 4) is 0 Å². The van der Waals surface area contributed by atoms with Gasteiger partial charge in [-0.05, 0) is 44.7 Å². The average molecular weight is 367 g/mol. The quantitative estimate of drug-likeness (QED) is 0.865. The predicted octanol–water partition coefficient (Wildman–Crippen LogP) is 4.51. The first-order chi connectivity index (χ1) is 9.99. The van der Waals surface area contributed by atoms with Crippen molar-refractivity contribution in [2.24, 2.45) is 5.92 Å². The van der Waals surface area contributed by atoms with E-state index in [0.29, 0.717) is 16.5 Å². The van der Waals surface area contributed by atoms with Crippen LogP contribution in [0.25, 0.3) is 10.1 Å². The molecule has 0 saturated heterocycles. The second-order valence-corrected chi connectivity index (χ2v) is 7.86. The van der Waals surface area contributed by atoms with Gasteiger partial charge in [-0.3, -0.25) is 4.79 Å². The van der Waals surface area contributed by atoms with E-state index in [1.54, 1.807) is 0 Å². The van der Waals surface area contributed by atoms with Gasteiger partial charge in [0.2, 0.25) is 0 Å². The molecule has 0 radical (unpaired) electrons. The molecule has 0 spiro atoms. The van der Waals surface area contributed by atoms with E-state index in [9.17, 15) is 4.79 Å². The molecule has 3 rings (SSSR count). The lowest BCUT2D eigenvalue weighted by Crippen LogP contribution is -2.38. The summed E-state index contributed by atoms with van der Waals surface area (Å²) < 4.78 is 2.01. The highest BCUT2D eigenvalue weighted by atomic mass is 79.9. The number of benzene rings is 1. The zero-order chi connectivity index (χ0) is 15.1. The van der Waals surface area contributed by atoms with Crippen LogP contribution in [0.1, 0.15) is 36.4 Å². The molecule has 1 aromatic heterocycles. The van der Waals surface area contributed by atoms with Crippen molar-refractivity contribution in [1.29, 1.82) is 0 Å². The molecule has 21 heavy (non-hydrogen) atoms. The fourth-order valence-corrected chi connectivity index (χ4v) is 4.34. The largest absolute Gasteiger partial charge is 0.397 e. The number of nitrogens with two attached hydrogens (primary N) is 1. The van der Waals surface area contributed by atoms with E-state index in [1.165, 1.54) is 24.2 Å². The molecule has 1 heterocycles. The fraction of sp³-hybridized carbons (Fsp3) is 0.438. The summed E-state index contributed by atoms with van der Waals surface area (Å²) in [5.74, 6) is 0.751. The number of hydrogen-bond acceptors (Lipinski definition) is 3. The minimum atomic E-state index is 0.0718. The number of rotatable bonds is 4. The number of thiophene rings is 1. The van der Waals surface area contributed by atoms with Crippen LogP contribution in [-0.2, 0) is 0 Å². The van der Waals surface area contributed by atoms with Crippen LogP contribution >= 0.6 is 27.3 Å². The van der Waals surface area contributed by atoms with E-state index < -0.39 is 0 Å². The van der Waals surface area contributed by atoms with Crippen molar-refractivity contribution >= 4 is 48.9 Å². The molecule has 1 fully saturated rings. The summed E-state index contributed by atoms with van der Waals surface area (Å²) in [6, 6.07) is 6.15. The van der Waals surface area contributed by atoms with Gasteiger partial charge in [0.25, 0.3) is 5.91 Å². The third kappa shape index (κ3) is 2.81. The zero-order valence-electron chi connectivity index (χ0n) is 12.2. The van der Waals surface area contributed by atoms with Gasteiger partial charge in [0.15, 0.2) is 0 Å². The highest BCUT2D eigenvalue weighted by Gasteiger charge is 2.30. The summed E-state index contributed by atoms with van der Waals surface area (Å²) in [5, 5.41) is 0.959. The van der Waals surface area contributed by atoms with E-state index in [2.05, 4.69) is 29.8 Å². The lowest BCUT2D eigenvalue weighted by Gasteiger charge is -2.26. The van der Waals surface area contributed by atoms with Crippen LogP contribution in [0.15, 0.2) is 22.7 Å². The Morgan fingerprint density at radius 2 is 2.19 bits per heavy atom. The summed E-state index contributed by atoms with van der Waals surface area (Å²) in [7, 11) is 0. The van der Waals surface area contributed by atoms with Crippen molar-refractivity contribution < 1.29 is 4.79 Å². The number of carbonyl (C=O) groups excluding carboxylic acids is 1. The molecule has 0 bridgehead atoms. The van der Waals surface area contributed by atoms with Crippen LogP contribution in [0.5, 0.6) is 0 Å². The van der Waals surface area contributed by atoms with Gasteiger partial charge in [0.1, 0.15) is 4.88 Å². The molecule has 112 valence electrons. The number of carbonyl (C=O) groups is 1. The molecule has 3 nitrogen and oxygen atoms in total. The number of halogens is 1. The molecule has 0 unspecified atom stereocenters. The summed E-state index contributed by atoms with van der Waals surface area (Å²) in [4.78, 5) is 15.5. The van der Waals surface area contributed by atoms with Crippen molar-refractivity contribution in [1.82, 2.24) is 4.90 Å². The zero-order valence-corrected chi connectivity index (χ0v) is 14.6. The van der Waals surface area contributed by atoms with Gasteiger partial charge in [-0.15, -0.1) is 11.3 Å². The minimum absolute atomic E-state index is 0.0718. The number of fused-ring (bicyclic) bond motifs is 1. The summed E-state index contributed by atoms with van der Waals surface area (Å²) in [5.41, 5.74) is 6.86. The van der Waals surface area contributed by atoms with Gasteiger partial charge >= 0.3 is 0 Å². The highest BCUT2D eigenvalue weighted by Crippen LogP contribution is 2.39. The number of nitrogen functional groups attached to an aromatic ring is 1. The molecule has 5 heteroatoms. The van der Waals surface area contributed by atoms with Gasteiger partial charge < -0.3 is 10.6 Å². The summed E-state index contributed by atoms with van der Waals surface area (Å²) in [6.45, 7) is 4.99. The van der Waals surface area contributed by atoms with Gasteiger partial charge in [-0.25, -0.2) is 0 Å². The topological polar surface area (TPSA) is 46.3 Å². The summed E-state index contributed by atoms with van der Waals surface area (Å²) in [6.07, 6.45) is 2.48. The van der Waals surface area contributed by atoms with Crippen LogP contribution in [0.3, 0.4) is 0 Å². The Bertz CT molecular complexity index is 691. The first-order valence-electron chi connectivity index (χ1n) is 7.26. The van der Waals surface area contributed by atoms with Crippen LogP contribution < -0.4 is 5.73 Å². The monoisotopic (exact) mass is 366 g/mol. The van der Waals surface area contributed by atoms with E-state index in [1.807, 2.05) is 23.1 Å². The molecule has 0 aliphatic heterocycles. The Labute approximate surface area is 137 Å². The second kappa shape index (κ2) is 5.61. The lowest BCUT2D eigenvalue weighted by molar-refractivity contribution is 0.0702. The molecule has 0 atom stereocenters. The normalized spacial score (nSPS) is 14.9.